The van der Waals surface area contributed by atoms with Crippen LogP contribution in [0.3, 0.4) is 0 Å². The third kappa shape index (κ3) is 4.56. The normalized spacial score (nSPS) is 17.2. The second-order valence-corrected chi connectivity index (χ2v) is 10.5. The van der Waals surface area contributed by atoms with Crippen LogP contribution in [-0.4, -0.2) is 44.2 Å². The molecule has 0 aromatic heterocycles. The summed E-state index contributed by atoms with van der Waals surface area (Å²) in [6.45, 7) is 4.89. The molecule has 32 heavy (non-hydrogen) atoms. The number of benzene rings is 2. The van der Waals surface area contributed by atoms with E-state index < -0.39 is 10.0 Å². The molecule has 0 aliphatic carbocycles. The van der Waals surface area contributed by atoms with Crippen molar-refractivity contribution < 1.29 is 18.0 Å². The number of aryl methyl sites for hydroxylation is 3. The minimum Gasteiger partial charge on any atom is -0.324 e. The van der Waals surface area contributed by atoms with Gasteiger partial charge in [-0.3, -0.25) is 9.59 Å². The van der Waals surface area contributed by atoms with Crippen LogP contribution in [0.25, 0.3) is 0 Å². The third-order valence-electron chi connectivity index (χ3n) is 6.14. The summed E-state index contributed by atoms with van der Waals surface area (Å²) in [4.78, 5) is 27.3. The van der Waals surface area contributed by atoms with E-state index in [0.29, 0.717) is 38.0 Å². The summed E-state index contributed by atoms with van der Waals surface area (Å²) in [5, 5.41) is 2.89. The molecule has 2 aromatic carbocycles. The van der Waals surface area contributed by atoms with E-state index in [1.807, 2.05) is 32.0 Å². The zero-order chi connectivity index (χ0) is 22.9. The van der Waals surface area contributed by atoms with Crippen molar-refractivity contribution >= 4 is 33.2 Å². The Morgan fingerprint density at radius 3 is 2.47 bits per heavy atom. The standard InChI is InChI=1S/C24H29N3O4S/c1-17-8-10-21(18(2)14-17)25-23(28)16-27-22-11-9-20(15-19(22)6-5-7-24(27)29)32(30,31)26-12-3-4-13-26/h8-11,14-15H,3-7,12-13,16H2,1-2H3,(H,25,28). The second-order valence-electron chi connectivity index (χ2n) is 8.60. The third-order valence-corrected chi connectivity index (χ3v) is 8.03. The van der Waals surface area contributed by atoms with E-state index in [-0.39, 0.29) is 23.3 Å². The van der Waals surface area contributed by atoms with Gasteiger partial charge in [0.25, 0.3) is 0 Å². The largest absolute Gasteiger partial charge is 0.324 e. The van der Waals surface area contributed by atoms with Gasteiger partial charge in [-0.15, -0.1) is 0 Å². The van der Waals surface area contributed by atoms with Gasteiger partial charge in [-0.05, 0) is 74.9 Å². The van der Waals surface area contributed by atoms with Crippen LogP contribution in [0.15, 0.2) is 41.3 Å². The average molecular weight is 456 g/mol. The fourth-order valence-electron chi connectivity index (χ4n) is 4.42. The van der Waals surface area contributed by atoms with Crippen molar-refractivity contribution in [1.82, 2.24) is 4.31 Å². The number of nitrogens with one attached hydrogen (secondary N) is 1. The highest BCUT2D eigenvalue weighted by molar-refractivity contribution is 7.89. The van der Waals surface area contributed by atoms with Gasteiger partial charge in [0, 0.05) is 30.9 Å². The molecule has 2 aliphatic rings. The maximum atomic E-state index is 13.0. The van der Waals surface area contributed by atoms with Crippen molar-refractivity contribution in [3.8, 4) is 0 Å². The quantitative estimate of drug-likeness (QED) is 0.749. The molecule has 0 saturated carbocycles. The van der Waals surface area contributed by atoms with Crippen LogP contribution >= 0.6 is 0 Å². The van der Waals surface area contributed by atoms with Crippen LogP contribution in [0.2, 0.25) is 0 Å². The van der Waals surface area contributed by atoms with Gasteiger partial charge in [0.2, 0.25) is 21.8 Å². The average Bonchev–Trinajstić information content (AvgIpc) is 3.25. The lowest BCUT2D eigenvalue weighted by Crippen LogP contribution is -2.38. The Hall–Kier alpha value is -2.71. The maximum absolute atomic E-state index is 13.0. The van der Waals surface area contributed by atoms with Gasteiger partial charge in [0.1, 0.15) is 6.54 Å². The lowest BCUT2D eigenvalue weighted by atomic mass is 10.1. The number of hydrogen-bond donors (Lipinski definition) is 1. The zero-order valence-corrected chi connectivity index (χ0v) is 19.4. The van der Waals surface area contributed by atoms with Gasteiger partial charge in [-0.2, -0.15) is 4.31 Å². The molecule has 0 spiro atoms. The molecule has 2 aromatic rings. The van der Waals surface area contributed by atoms with E-state index in [4.69, 9.17) is 0 Å². The van der Waals surface area contributed by atoms with Crippen LogP contribution in [0, 0.1) is 13.8 Å². The molecule has 0 atom stereocenters. The summed E-state index contributed by atoms with van der Waals surface area (Å²) in [7, 11) is -3.54. The molecule has 2 aliphatic heterocycles. The van der Waals surface area contributed by atoms with Crippen molar-refractivity contribution in [3.63, 3.8) is 0 Å². The van der Waals surface area contributed by atoms with Gasteiger partial charge in [0.15, 0.2) is 0 Å². The molecular weight excluding hydrogens is 426 g/mol. The van der Waals surface area contributed by atoms with Gasteiger partial charge in [-0.25, -0.2) is 8.42 Å². The molecule has 0 unspecified atom stereocenters. The Balaban J connectivity index is 1.58. The molecule has 2 heterocycles. The van der Waals surface area contributed by atoms with Crippen molar-refractivity contribution in [2.24, 2.45) is 0 Å². The molecule has 8 heteroatoms. The number of rotatable bonds is 5. The van der Waals surface area contributed by atoms with Gasteiger partial charge >= 0.3 is 0 Å². The summed E-state index contributed by atoms with van der Waals surface area (Å²) in [5.74, 6) is -0.415. The first kappa shape index (κ1) is 22.5. The first-order valence-electron chi connectivity index (χ1n) is 11.1. The van der Waals surface area contributed by atoms with Crippen LogP contribution in [0.5, 0.6) is 0 Å². The van der Waals surface area contributed by atoms with Crippen molar-refractivity contribution in [2.75, 3.05) is 29.9 Å². The molecule has 170 valence electrons. The van der Waals surface area contributed by atoms with E-state index in [1.54, 1.807) is 18.2 Å². The number of sulfonamides is 1. The van der Waals surface area contributed by atoms with Crippen LogP contribution in [-0.2, 0) is 26.0 Å². The Bertz CT molecular complexity index is 1150. The van der Waals surface area contributed by atoms with Crippen LogP contribution in [0.1, 0.15) is 42.4 Å². The number of hydrogen-bond acceptors (Lipinski definition) is 4. The Labute approximate surface area is 189 Å². The number of fused-ring (bicyclic) bond motifs is 1. The smallest absolute Gasteiger partial charge is 0.244 e. The monoisotopic (exact) mass is 455 g/mol. The summed E-state index contributed by atoms with van der Waals surface area (Å²) < 4.78 is 27.5. The maximum Gasteiger partial charge on any atom is 0.244 e. The zero-order valence-electron chi connectivity index (χ0n) is 18.6. The summed E-state index contributed by atoms with van der Waals surface area (Å²) in [5.41, 5.74) is 4.18. The van der Waals surface area contributed by atoms with E-state index in [0.717, 1.165) is 35.2 Å². The number of nitrogens with zero attached hydrogens (tertiary/aromatic N) is 2. The predicted molar refractivity (Wildman–Crippen MR) is 124 cm³/mol. The van der Waals surface area contributed by atoms with Crippen LogP contribution in [0.4, 0.5) is 11.4 Å². The number of carbonyl (C=O) groups is 2. The van der Waals surface area contributed by atoms with Gasteiger partial charge in [0.05, 0.1) is 4.90 Å². The van der Waals surface area contributed by atoms with E-state index >= 15 is 0 Å². The van der Waals surface area contributed by atoms with E-state index in [9.17, 15) is 18.0 Å². The highest BCUT2D eigenvalue weighted by atomic mass is 32.2. The molecule has 4 rings (SSSR count). The summed E-state index contributed by atoms with van der Waals surface area (Å²) in [6, 6.07) is 10.7. The molecule has 7 nitrogen and oxygen atoms in total. The molecule has 1 N–H and O–H groups in total. The number of amides is 2. The highest BCUT2D eigenvalue weighted by Crippen LogP contribution is 2.31. The molecular formula is C24H29N3O4S. The fraction of sp³-hybridized carbons (Fsp3) is 0.417. The Morgan fingerprint density at radius 2 is 1.75 bits per heavy atom. The molecule has 0 bridgehead atoms. The topological polar surface area (TPSA) is 86.8 Å². The highest BCUT2D eigenvalue weighted by Gasteiger charge is 2.30. The minimum atomic E-state index is -3.54. The van der Waals surface area contributed by atoms with Crippen molar-refractivity contribution in [1.29, 1.82) is 0 Å². The Morgan fingerprint density at radius 1 is 1.00 bits per heavy atom. The molecule has 0 radical (unpaired) electrons. The van der Waals surface area contributed by atoms with Gasteiger partial charge < -0.3 is 10.2 Å². The van der Waals surface area contributed by atoms with Crippen molar-refractivity contribution in [3.05, 3.63) is 53.1 Å². The molecule has 2 amide bonds. The van der Waals surface area contributed by atoms with E-state index in [1.165, 1.54) is 9.21 Å². The SMILES string of the molecule is Cc1ccc(NC(=O)CN2C(=O)CCCc3cc(S(=O)(=O)N4CCCC4)ccc32)c(C)c1. The van der Waals surface area contributed by atoms with Crippen molar-refractivity contribution in [2.45, 2.75) is 50.8 Å². The first-order valence-corrected chi connectivity index (χ1v) is 12.5. The number of anilines is 2. The summed E-state index contributed by atoms with van der Waals surface area (Å²) in [6.07, 6.45) is 3.29. The first-order chi connectivity index (χ1) is 15.3. The van der Waals surface area contributed by atoms with Crippen LogP contribution < -0.4 is 10.2 Å². The number of carbonyl (C=O) groups excluding carboxylic acids is 2. The lowest BCUT2D eigenvalue weighted by molar-refractivity contribution is -0.121. The lowest BCUT2D eigenvalue weighted by Gasteiger charge is -2.24. The molecule has 1 fully saturated rings. The predicted octanol–water partition coefficient (Wildman–Crippen LogP) is 3.40. The molecule has 1 saturated heterocycles. The minimum absolute atomic E-state index is 0.114. The second kappa shape index (κ2) is 9.03. The Kier molecular flexibility index (Phi) is 6.35. The van der Waals surface area contributed by atoms with E-state index in [2.05, 4.69) is 5.32 Å². The fourth-order valence-corrected chi connectivity index (χ4v) is 5.99. The summed E-state index contributed by atoms with van der Waals surface area (Å²) >= 11 is 0. The van der Waals surface area contributed by atoms with Gasteiger partial charge in [-0.1, -0.05) is 17.7 Å².